The van der Waals surface area contributed by atoms with Crippen LogP contribution in [0.3, 0.4) is 0 Å². The smallest absolute Gasteiger partial charge is 0.111 e. The monoisotopic (exact) mass is 149 g/mol. The van der Waals surface area contributed by atoms with E-state index in [1.54, 1.807) is 6.07 Å². The molecule has 1 rings (SSSR count). The van der Waals surface area contributed by atoms with Crippen LogP contribution in [0.2, 0.25) is 0 Å². The Kier molecular flexibility index (Phi) is 2.78. The van der Waals surface area contributed by atoms with Gasteiger partial charge in [-0.15, -0.1) is 4.91 Å². The molecule has 0 bridgehead atoms. The molecule has 0 saturated carbocycles. The average molecular weight is 149 g/mol. The largest absolute Gasteiger partial charge is 0.145 e. The summed E-state index contributed by atoms with van der Waals surface area (Å²) >= 11 is 0. The Morgan fingerprint density at radius 3 is 2.73 bits per heavy atom. The fraction of sp³-hybridized carbons (Fsp3) is 0.333. The van der Waals surface area contributed by atoms with Crippen molar-refractivity contribution in [1.29, 1.82) is 0 Å². The van der Waals surface area contributed by atoms with Gasteiger partial charge >= 0.3 is 0 Å². The van der Waals surface area contributed by atoms with Gasteiger partial charge in [0.2, 0.25) is 0 Å². The van der Waals surface area contributed by atoms with Crippen molar-refractivity contribution in [3.05, 3.63) is 34.7 Å². The zero-order valence-electron chi connectivity index (χ0n) is 6.58. The third-order valence-electron chi connectivity index (χ3n) is 1.61. The zero-order chi connectivity index (χ0) is 8.10. The van der Waals surface area contributed by atoms with Crippen molar-refractivity contribution >= 4 is 5.69 Å². The molecule has 2 heteroatoms. The van der Waals surface area contributed by atoms with Crippen LogP contribution in [0, 0.1) is 4.91 Å². The number of rotatable bonds is 3. The van der Waals surface area contributed by atoms with E-state index in [0.717, 1.165) is 18.4 Å². The summed E-state index contributed by atoms with van der Waals surface area (Å²) in [5.41, 5.74) is 1.62. The maximum atomic E-state index is 10.3. The van der Waals surface area contributed by atoms with E-state index < -0.39 is 0 Å². The highest BCUT2D eigenvalue weighted by Gasteiger charge is 1.98. The van der Waals surface area contributed by atoms with E-state index in [0.29, 0.717) is 5.69 Å². The maximum absolute atomic E-state index is 10.3. The van der Waals surface area contributed by atoms with Crippen molar-refractivity contribution in [2.45, 2.75) is 19.8 Å². The maximum Gasteiger partial charge on any atom is 0.111 e. The molecule has 0 atom stereocenters. The Labute approximate surface area is 66.2 Å². The van der Waals surface area contributed by atoms with Crippen LogP contribution in [0.15, 0.2) is 29.4 Å². The van der Waals surface area contributed by atoms with Gasteiger partial charge in [-0.2, -0.15) is 0 Å². The molecule has 1 aromatic rings. The van der Waals surface area contributed by atoms with Gasteiger partial charge in [-0.25, -0.2) is 0 Å². The van der Waals surface area contributed by atoms with Gasteiger partial charge in [0.1, 0.15) is 5.69 Å². The summed E-state index contributed by atoms with van der Waals surface area (Å²) in [4.78, 5) is 10.3. The quantitative estimate of drug-likeness (QED) is 0.607. The van der Waals surface area contributed by atoms with Gasteiger partial charge in [-0.3, -0.25) is 0 Å². The molecule has 0 N–H and O–H groups in total. The van der Waals surface area contributed by atoms with Gasteiger partial charge in [-0.1, -0.05) is 31.5 Å². The van der Waals surface area contributed by atoms with Gasteiger partial charge in [-0.05, 0) is 23.2 Å². The second-order valence-corrected chi connectivity index (χ2v) is 2.47. The Hall–Kier alpha value is -1.18. The minimum Gasteiger partial charge on any atom is -0.145 e. The number of benzene rings is 1. The molecule has 0 aromatic heterocycles. The number of hydrogen-bond donors (Lipinski definition) is 0. The molecule has 0 saturated heterocycles. The van der Waals surface area contributed by atoms with Gasteiger partial charge in [0, 0.05) is 0 Å². The molecule has 11 heavy (non-hydrogen) atoms. The molecule has 1 aromatic carbocycles. The minimum absolute atomic E-state index is 0.578. The predicted octanol–water partition coefficient (Wildman–Crippen LogP) is 3.04. The van der Waals surface area contributed by atoms with E-state index in [2.05, 4.69) is 12.1 Å². The van der Waals surface area contributed by atoms with Crippen LogP contribution in [0.25, 0.3) is 0 Å². The summed E-state index contributed by atoms with van der Waals surface area (Å²) < 4.78 is 0. The first-order valence-electron chi connectivity index (χ1n) is 3.79. The molecule has 0 spiro atoms. The lowest BCUT2D eigenvalue weighted by Gasteiger charge is -1.98. The molecule has 0 fully saturated rings. The van der Waals surface area contributed by atoms with E-state index in [4.69, 9.17) is 0 Å². The highest BCUT2D eigenvalue weighted by molar-refractivity contribution is 5.45. The summed E-state index contributed by atoms with van der Waals surface area (Å²) in [6.45, 7) is 2.08. The SMILES string of the molecule is CCCc1ccccc1N=O. The summed E-state index contributed by atoms with van der Waals surface area (Å²) in [7, 11) is 0. The van der Waals surface area contributed by atoms with Crippen molar-refractivity contribution in [3.63, 3.8) is 0 Å². The lowest BCUT2D eigenvalue weighted by atomic mass is 10.1. The van der Waals surface area contributed by atoms with Gasteiger partial charge in [0.15, 0.2) is 0 Å². The lowest BCUT2D eigenvalue weighted by Crippen LogP contribution is -1.81. The first-order valence-corrected chi connectivity index (χ1v) is 3.79. The molecule has 0 heterocycles. The van der Waals surface area contributed by atoms with E-state index in [1.807, 2.05) is 18.2 Å². The van der Waals surface area contributed by atoms with Crippen molar-refractivity contribution in [1.82, 2.24) is 0 Å². The van der Waals surface area contributed by atoms with Gasteiger partial charge in [0.05, 0.1) is 0 Å². The summed E-state index contributed by atoms with van der Waals surface area (Å²) in [5, 5.41) is 2.94. The standard InChI is InChI=1S/C9H11NO/c1-2-5-8-6-3-4-7-9(8)10-11/h3-4,6-7H,2,5H2,1H3. The number of nitrogens with zero attached hydrogens (tertiary/aromatic N) is 1. The molecule has 2 nitrogen and oxygen atoms in total. The molecule has 0 unspecified atom stereocenters. The highest BCUT2D eigenvalue weighted by atomic mass is 16.3. The van der Waals surface area contributed by atoms with Crippen LogP contribution in [-0.2, 0) is 6.42 Å². The molecule has 0 radical (unpaired) electrons. The van der Waals surface area contributed by atoms with E-state index in [9.17, 15) is 4.91 Å². The topological polar surface area (TPSA) is 29.4 Å². The third-order valence-corrected chi connectivity index (χ3v) is 1.61. The van der Waals surface area contributed by atoms with E-state index in [-0.39, 0.29) is 0 Å². The predicted molar refractivity (Wildman–Crippen MR) is 45.9 cm³/mol. The molecule has 0 aliphatic rings. The average Bonchev–Trinajstić information content (AvgIpc) is 2.06. The number of aryl methyl sites for hydroxylation is 1. The van der Waals surface area contributed by atoms with Crippen LogP contribution in [0.1, 0.15) is 18.9 Å². The first-order chi connectivity index (χ1) is 5.38. The molecule has 0 aliphatic carbocycles. The second-order valence-electron chi connectivity index (χ2n) is 2.47. The van der Waals surface area contributed by atoms with Crippen molar-refractivity contribution in [2.75, 3.05) is 0 Å². The summed E-state index contributed by atoms with van der Waals surface area (Å²) in [6.07, 6.45) is 1.98. The van der Waals surface area contributed by atoms with Crippen LogP contribution in [-0.4, -0.2) is 0 Å². The van der Waals surface area contributed by atoms with Gasteiger partial charge in [0.25, 0.3) is 0 Å². The second kappa shape index (κ2) is 3.86. The summed E-state index contributed by atoms with van der Waals surface area (Å²) in [5.74, 6) is 0. The number of nitroso groups, excluding NO2 is 1. The highest BCUT2D eigenvalue weighted by Crippen LogP contribution is 2.18. The van der Waals surface area contributed by atoms with E-state index >= 15 is 0 Å². The molecule has 0 aliphatic heterocycles. The van der Waals surface area contributed by atoms with Crippen molar-refractivity contribution in [2.24, 2.45) is 5.18 Å². The fourth-order valence-electron chi connectivity index (χ4n) is 1.08. The summed E-state index contributed by atoms with van der Waals surface area (Å²) in [6, 6.07) is 7.45. The minimum atomic E-state index is 0.578. The lowest BCUT2D eigenvalue weighted by molar-refractivity contribution is 0.921. The van der Waals surface area contributed by atoms with Crippen molar-refractivity contribution in [3.8, 4) is 0 Å². The Bertz CT molecular complexity index is 245. The fourth-order valence-corrected chi connectivity index (χ4v) is 1.08. The third kappa shape index (κ3) is 1.87. The molecule has 58 valence electrons. The first kappa shape index (κ1) is 7.92. The Balaban J connectivity index is 2.92. The zero-order valence-corrected chi connectivity index (χ0v) is 6.58. The molecular weight excluding hydrogens is 138 g/mol. The molecular formula is C9H11NO. The van der Waals surface area contributed by atoms with Gasteiger partial charge < -0.3 is 0 Å². The molecule has 0 amide bonds. The Morgan fingerprint density at radius 2 is 2.09 bits per heavy atom. The van der Waals surface area contributed by atoms with Crippen molar-refractivity contribution < 1.29 is 0 Å². The number of hydrogen-bond acceptors (Lipinski definition) is 2. The van der Waals surface area contributed by atoms with Crippen LogP contribution in [0.5, 0.6) is 0 Å². The van der Waals surface area contributed by atoms with Crippen LogP contribution >= 0.6 is 0 Å². The Morgan fingerprint density at radius 1 is 1.36 bits per heavy atom. The van der Waals surface area contributed by atoms with Crippen LogP contribution < -0.4 is 0 Å². The van der Waals surface area contributed by atoms with E-state index in [1.165, 1.54) is 0 Å². The normalized spacial score (nSPS) is 9.55. The van der Waals surface area contributed by atoms with Crippen LogP contribution in [0.4, 0.5) is 5.69 Å².